The fourth-order valence-corrected chi connectivity index (χ4v) is 0.417. The molecule has 52 valence electrons. The molecule has 0 amide bonds. The molecule has 0 saturated carbocycles. The Bertz CT molecular complexity index is 95.1. The average Bonchev–Trinajstić information content (AvgIpc) is 1.89. The molecule has 0 radical (unpaired) electrons. The smallest absolute Gasteiger partial charge is 0.0574 e. The monoisotopic (exact) mass is 126 g/mol. The molecule has 0 aromatic heterocycles. The zero-order chi connectivity index (χ0) is 6.95. The maximum absolute atomic E-state index is 3.78. The number of nitrogens with zero attached hydrogens (tertiary/aromatic N) is 2. The summed E-state index contributed by atoms with van der Waals surface area (Å²) in [5.74, 6) is 0. The van der Waals surface area contributed by atoms with Crippen LogP contribution in [0.3, 0.4) is 0 Å². The maximum Gasteiger partial charge on any atom is 0.0574 e. The summed E-state index contributed by atoms with van der Waals surface area (Å²) >= 11 is 0. The van der Waals surface area contributed by atoms with Crippen LogP contribution in [0.15, 0.2) is 22.5 Å². The summed E-state index contributed by atoms with van der Waals surface area (Å²) in [6, 6.07) is 0. The molecule has 0 fully saturated rings. The second-order valence-electron chi connectivity index (χ2n) is 1.75. The molecule has 0 heterocycles. The molecule has 0 rings (SSSR count). The van der Waals surface area contributed by atoms with E-state index in [0.29, 0.717) is 0 Å². The van der Waals surface area contributed by atoms with Crippen molar-refractivity contribution in [3.8, 4) is 0 Å². The Morgan fingerprint density at radius 3 is 2.67 bits per heavy atom. The molecule has 0 aliphatic rings. The maximum atomic E-state index is 3.78. The van der Waals surface area contributed by atoms with Crippen LogP contribution in [0.25, 0.3) is 0 Å². The van der Waals surface area contributed by atoms with E-state index >= 15 is 0 Å². The van der Waals surface area contributed by atoms with E-state index in [-0.39, 0.29) is 0 Å². The van der Waals surface area contributed by atoms with Crippen LogP contribution in [0.2, 0.25) is 0 Å². The number of allylic oxidation sites excluding steroid dienone is 1. The molecule has 0 aromatic carbocycles. The summed E-state index contributed by atoms with van der Waals surface area (Å²) < 4.78 is 0. The van der Waals surface area contributed by atoms with Crippen molar-refractivity contribution in [2.75, 3.05) is 6.54 Å². The lowest BCUT2D eigenvalue weighted by Crippen LogP contribution is -1.61. The van der Waals surface area contributed by atoms with Crippen LogP contribution in [-0.2, 0) is 0 Å². The van der Waals surface area contributed by atoms with Gasteiger partial charge >= 0.3 is 0 Å². The average molecular weight is 126 g/mol. The highest BCUT2D eigenvalue weighted by molar-refractivity contribution is 4.76. The Morgan fingerprint density at radius 2 is 2.11 bits per heavy atom. The SMILES string of the molecule is CCCC=CN=NCC. The zero-order valence-corrected chi connectivity index (χ0v) is 6.17. The standard InChI is InChI=1S/C7H14N2/c1-3-5-6-7-9-8-4-2/h6-7H,3-5H2,1-2H3. The second-order valence-corrected chi connectivity index (χ2v) is 1.75. The first-order valence-corrected chi connectivity index (χ1v) is 3.43. The van der Waals surface area contributed by atoms with Gasteiger partial charge in [0.25, 0.3) is 0 Å². The van der Waals surface area contributed by atoms with Crippen molar-refractivity contribution in [3.05, 3.63) is 12.3 Å². The summed E-state index contributed by atoms with van der Waals surface area (Å²) in [5, 5.41) is 7.55. The van der Waals surface area contributed by atoms with Crippen molar-refractivity contribution in [2.45, 2.75) is 26.7 Å². The van der Waals surface area contributed by atoms with Crippen molar-refractivity contribution in [3.63, 3.8) is 0 Å². The Kier molecular flexibility index (Phi) is 6.80. The van der Waals surface area contributed by atoms with Crippen LogP contribution in [0.4, 0.5) is 0 Å². The Hall–Kier alpha value is -0.660. The van der Waals surface area contributed by atoms with Gasteiger partial charge in [-0.3, -0.25) is 0 Å². The highest BCUT2D eigenvalue weighted by Crippen LogP contribution is 1.88. The van der Waals surface area contributed by atoms with Crippen molar-refractivity contribution in [1.29, 1.82) is 0 Å². The molecule has 2 nitrogen and oxygen atoms in total. The summed E-state index contributed by atoms with van der Waals surface area (Å²) in [4.78, 5) is 0. The van der Waals surface area contributed by atoms with E-state index in [0.717, 1.165) is 13.0 Å². The van der Waals surface area contributed by atoms with Gasteiger partial charge in [-0.25, -0.2) is 0 Å². The lowest BCUT2D eigenvalue weighted by Gasteiger charge is -1.79. The van der Waals surface area contributed by atoms with E-state index in [1.807, 2.05) is 13.0 Å². The molecule has 0 atom stereocenters. The van der Waals surface area contributed by atoms with Gasteiger partial charge in [-0.1, -0.05) is 19.4 Å². The number of azo groups is 1. The van der Waals surface area contributed by atoms with Gasteiger partial charge in [0.15, 0.2) is 0 Å². The first-order valence-electron chi connectivity index (χ1n) is 3.43. The lowest BCUT2D eigenvalue weighted by atomic mass is 10.3. The quantitative estimate of drug-likeness (QED) is 0.517. The molecule has 0 aromatic rings. The number of hydrogen-bond donors (Lipinski definition) is 0. The van der Waals surface area contributed by atoms with Gasteiger partial charge in [0.1, 0.15) is 0 Å². The minimum absolute atomic E-state index is 0.774. The predicted octanol–water partition coefficient (Wildman–Crippen LogP) is 2.77. The minimum atomic E-state index is 0.774. The van der Waals surface area contributed by atoms with Crippen LogP contribution < -0.4 is 0 Å². The molecular formula is C7H14N2. The topological polar surface area (TPSA) is 24.7 Å². The van der Waals surface area contributed by atoms with Crippen molar-refractivity contribution in [2.24, 2.45) is 10.2 Å². The summed E-state index contributed by atoms with van der Waals surface area (Å²) in [6.45, 7) is 4.88. The highest BCUT2D eigenvalue weighted by Gasteiger charge is 1.69. The summed E-state index contributed by atoms with van der Waals surface area (Å²) in [6.07, 6.45) is 6.06. The molecule has 0 aliphatic heterocycles. The summed E-state index contributed by atoms with van der Waals surface area (Å²) in [5.41, 5.74) is 0. The lowest BCUT2D eigenvalue weighted by molar-refractivity contribution is 0.944. The second kappa shape index (κ2) is 7.34. The van der Waals surface area contributed by atoms with Gasteiger partial charge in [-0.15, -0.1) is 0 Å². The van der Waals surface area contributed by atoms with Crippen molar-refractivity contribution >= 4 is 0 Å². The fourth-order valence-electron chi connectivity index (χ4n) is 0.417. The Morgan fingerprint density at radius 1 is 1.33 bits per heavy atom. The van der Waals surface area contributed by atoms with Crippen LogP contribution in [0.5, 0.6) is 0 Å². The molecule has 0 N–H and O–H groups in total. The van der Waals surface area contributed by atoms with E-state index in [1.165, 1.54) is 6.42 Å². The van der Waals surface area contributed by atoms with E-state index in [9.17, 15) is 0 Å². The predicted molar refractivity (Wildman–Crippen MR) is 39.4 cm³/mol. The van der Waals surface area contributed by atoms with E-state index < -0.39 is 0 Å². The third-order valence-corrected chi connectivity index (χ3v) is 0.850. The molecule has 0 aliphatic carbocycles. The highest BCUT2D eigenvalue weighted by atomic mass is 15.1. The van der Waals surface area contributed by atoms with Gasteiger partial charge in [-0.2, -0.15) is 10.2 Å². The van der Waals surface area contributed by atoms with Crippen molar-refractivity contribution in [1.82, 2.24) is 0 Å². The minimum Gasteiger partial charge on any atom is -0.190 e. The Balaban J connectivity index is 3.13. The first kappa shape index (κ1) is 8.34. The zero-order valence-electron chi connectivity index (χ0n) is 6.17. The van der Waals surface area contributed by atoms with Gasteiger partial charge in [0, 0.05) is 6.20 Å². The molecule has 0 saturated heterocycles. The van der Waals surface area contributed by atoms with E-state index in [2.05, 4.69) is 17.2 Å². The van der Waals surface area contributed by atoms with Crippen LogP contribution in [0.1, 0.15) is 26.7 Å². The van der Waals surface area contributed by atoms with E-state index in [4.69, 9.17) is 0 Å². The third-order valence-electron chi connectivity index (χ3n) is 0.850. The van der Waals surface area contributed by atoms with Crippen LogP contribution in [-0.4, -0.2) is 6.54 Å². The number of hydrogen-bond acceptors (Lipinski definition) is 2. The number of rotatable bonds is 4. The van der Waals surface area contributed by atoms with Gasteiger partial charge in [-0.05, 0) is 13.3 Å². The van der Waals surface area contributed by atoms with Gasteiger partial charge in [0.05, 0.1) is 6.54 Å². The molecule has 9 heavy (non-hydrogen) atoms. The molecule has 0 unspecified atom stereocenters. The molecular weight excluding hydrogens is 112 g/mol. The van der Waals surface area contributed by atoms with Gasteiger partial charge in [0.2, 0.25) is 0 Å². The van der Waals surface area contributed by atoms with Gasteiger partial charge < -0.3 is 0 Å². The van der Waals surface area contributed by atoms with Crippen LogP contribution in [0, 0.1) is 0 Å². The van der Waals surface area contributed by atoms with E-state index in [1.54, 1.807) is 6.20 Å². The first-order chi connectivity index (χ1) is 4.41. The number of unbranched alkanes of at least 4 members (excludes halogenated alkanes) is 1. The Labute approximate surface area is 56.7 Å². The fraction of sp³-hybridized carbons (Fsp3) is 0.714. The third kappa shape index (κ3) is 7.34. The van der Waals surface area contributed by atoms with Crippen molar-refractivity contribution < 1.29 is 0 Å². The largest absolute Gasteiger partial charge is 0.190 e. The normalized spacial score (nSPS) is 11.8. The molecule has 0 bridgehead atoms. The molecule has 2 heteroatoms. The van der Waals surface area contributed by atoms with Crippen LogP contribution >= 0.6 is 0 Å². The molecule has 0 spiro atoms. The summed E-state index contributed by atoms with van der Waals surface area (Å²) in [7, 11) is 0.